The summed E-state index contributed by atoms with van der Waals surface area (Å²) in [6.45, 7) is 8.18. The van der Waals surface area contributed by atoms with Crippen LogP contribution in [0.5, 0.6) is 0 Å². The number of rotatable bonds is 7. The van der Waals surface area contributed by atoms with Crippen molar-refractivity contribution < 1.29 is 19.1 Å². The highest BCUT2D eigenvalue weighted by molar-refractivity contribution is 6.17. The zero-order valence-electron chi connectivity index (χ0n) is 29.7. The summed E-state index contributed by atoms with van der Waals surface area (Å²) in [5.74, 6) is -0.907. The maximum Gasteiger partial charge on any atom is 0.338 e. The molecule has 5 rings (SSSR count). The predicted molar refractivity (Wildman–Crippen MR) is 198 cm³/mol. The fourth-order valence-corrected chi connectivity index (χ4v) is 6.40. The number of hydrogen-bond acceptors (Lipinski definition) is 8. The smallest absolute Gasteiger partial charge is 0.338 e. The molecule has 254 valence electrons. The lowest BCUT2D eigenvalue weighted by Crippen LogP contribution is -2.14. The third-order valence-electron chi connectivity index (χ3n) is 9.14. The van der Waals surface area contributed by atoms with Crippen molar-refractivity contribution in [2.75, 3.05) is 14.2 Å². The SMILES string of the molecule is COC(=O)c1cc(C(=C(C#N)C#N)C(c2cc(C(=O)OC)c3cc(C(C)C)cccc2-3)=c2ccc(=C(C#N)C#N)cc2)c2cccc(C(C)C)cc1-2. The second-order valence-corrected chi connectivity index (χ2v) is 12.8. The van der Waals surface area contributed by atoms with Gasteiger partial charge >= 0.3 is 11.9 Å². The topological polar surface area (TPSA) is 148 Å². The third-order valence-corrected chi connectivity index (χ3v) is 9.14. The molecule has 0 aromatic heterocycles. The van der Waals surface area contributed by atoms with Gasteiger partial charge in [0.15, 0.2) is 0 Å². The molecule has 0 N–H and O–H groups in total. The number of ether oxygens (including phenoxy) is 2. The monoisotopic (exact) mass is 682 g/mol. The Labute approximate surface area is 302 Å². The molecule has 52 heavy (non-hydrogen) atoms. The highest BCUT2D eigenvalue weighted by atomic mass is 16.5. The van der Waals surface area contributed by atoms with Crippen molar-refractivity contribution in [2.45, 2.75) is 39.5 Å². The number of carbonyl (C=O) groups excluding carboxylic acids is 2. The van der Waals surface area contributed by atoms with E-state index in [-0.39, 0.29) is 39.7 Å². The molecule has 1 aromatic carbocycles. The molecule has 0 saturated carbocycles. The van der Waals surface area contributed by atoms with E-state index in [9.17, 15) is 30.6 Å². The number of methoxy groups -OCH3 is 2. The number of hydrogen-bond donors (Lipinski definition) is 0. The Balaban J connectivity index is 2.05. The van der Waals surface area contributed by atoms with Gasteiger partial charge in [0, 0.05) is 10.8 Å². The van der Waals surface area contributed by atoms with Crippen LogP contribution in [0.3, 0.4) is 0 Å². The van der Waals surface area contributed by atoms with Crippen molar-refractivity contribution >= 4 is 28.7 Å². The van der Waals surface area contributed by atoms with Crippen LogP contribution in [0, 0.1) is 45.3 Å². The Morgan fingerprint density at radius 2 is 0.981 bits per heavy atom. The first-order valence-electron chi connectivity index (χ1n) is 16.5. The van der Waals surface area contributed by atoms with Crippen LogP contribution >= 0.6 is 0 Å². The third kappa shape index (κ3) is 6.63. The largest absolute Gasteiger partial charge is 0.465 e. The van der Waals surface area contributed by atoms with E-state index in [1.54, 1.807) is 36.4 Å². The number of nitrogens with zero attached hydrogens (tertiary/aromatic N) is 4. The molecule has 4 aliphatic rings. The van der Waals surface area contributed by atoms with Crippen molar-refractivity contribution in [2.24, 2.45) is 0 Å². The first-order chi connectivity index (χ1) is 25.0. The maximum atomic E-state index is 13.4. The Morgan fingerprint density at radius 1 is 0.538 bits per heavy atom. The summed E-state index contributed by atoms with van der Waals surface area (Å²) in [4.78, 5) is 26.7. The van der Waals surface area contributed by atoms with Gasteiger partial charge in [0.1, 0.15) is 35.4 Å². The van der Waals surface area contributed by atoms with Crippen LogP contribution in [0.25, 0.3) is 39.0 Å². The Bertz CT molecular complexity index is 2480. The zero-order valence-corrected chi connectivity index (χ0v) is 29.7. The Kier molecular flexibility index (Phi) is 10.7. The molecule has 0 saturated heterocycles. The molecule has 0 bridgehead atoms. The molecule has 8 heteroatoms. The lowest BCUT2D eigenvalue weighted by atomic mass is 9.85. The number of allylic oxidation sites excluding steroid dienone is 2. The van der Waals surface area contributed by atoms with Crippen LogP contribution in [0.1, 0.15) is 82.5 Å². The van der Waals surface area contributed by atoms with Gasteiger partial charge in [-0.05, 0) is 79.3 Å². The summed E-state index contributed by atoms with van der Waals surface area (Å²) in [7, 11) is 2.60. The minimum absolute atomic E-state index is 0.0863. The summed E-state index contributed by atoms with van der Waals surface area (Å²) in [6, 6.07) is 33.2. The molecule has 0 heterocycles. The van der Waals surface area contributed by atoms with E-state index in [0.29, 0.717) is 49.4 Å². The van der Waals surface area contributed by atoms with Gasteiger partial charge in [0.2, 0.25) is 0 Å². The zero-order chi connectivity index (χ0) is 37.7. The van der Waals surface area contributed by atoms with Crippen molar-refractivity contribution in [1.29, 1.82) is 21.0 Å². The summed E-state index contributed by atoms with van der Waals surface area (Å²) >= 11 is 0. The van der Waals surface area contributed by atoms with E-state index < -0.39 is 11.9 Å². The van der Waals surface area contributed by atoms with E-state index in [0.717, 1.165) is 11.1 Å². The summed E-state index contributed by atoms with van der Waals surface area (Å²) in [5, 5.41) is 41.2. The van der Waals surface area contributed by atoms with Crippen LogP contribution in [-0.4, -0.2) is 26.2 Å². The predicted octanol–water partition coefficient (Wildman–Crippen LogP) is 7.61. The van der Waals surface area contributed by atoms with Crippen LogP contribution in [0.2, 0.25) is 0 Å². The van der Waals surface area contributed by atoms with Gasteiger partial charge in [-0.25, -0.2) is 9.59 Å². The molecule has 0 atom stereocenters. The Hall–Kier alpha value is -7.00. The minimum atomic E-state index is -0.589. The maximum absolute atomic E-state index is 13.4. The average molecular weight is 683 g/mol. The number of carbonyl (C=O) groups is 2. The summed E-state index contributed by atoms with van der Waals surface area (Å²) in [5.41, 5.74) is 6.18. The summed E-state index contributed by atoms with van der Waals surface area (Å²) in [6.07, 6.45) is 0. The van der Waals surface area contributed by atoms with Crippen LogP contribution in [0.4, 0.5) is 0 Å². The first-order valence-corrected chi connectivity index (χ1v) is 16.5. The fourth-order valence-electron chi connectivity index (χ4n) is 6.40. The second kappa shape index (κ2) is 15.3. The molecular weight excluding hydrogens is 649 g/mol. The van der Waals surface area contributed by atoms with Gasteiger partial charge in [-0.2, -0.15) is 21.0 Å². The standard InChI is InChI=1S/C44H34N4O4/c1-25(2)29-9-7-11-33-35(17-29)39(43(49)51-5)19-37(33)41(28-15-13-27(14-16-28)31(21-45)22-46)42(32(23-47)24-48)38-20-40(44(50)52-6)36-18-30(26(3)4)10-8-12-34(36)38/h7-20,25-26H,1-6H3. The molecule has 0 unspecified atom stereocenters. The second-order valence-electron chi connectivity index (χ2n) is 12.8. The number of benzene rings is 1. The van der Waals surface area contributed by atoms with Crippen molar-refractivity contribution in [3.8, 4) is 46.5 Å². The number of fused-ring (bicyclic) bond motifs is 2. The van der Waals surface area contributed by atoms with E-state index in [2.05, 4.69) is 12.1 Å². The molecule has 0 radical (unpaired) electrons. The van der Waals surface area contributed by atoms with E-state index in [1.807, 2.05) is 88.4 Å². The molecule has 4 aliphatic carbocycles. The normalized spacial score (nSPS) is 10.5. The van der Waals surface area contributed by atoms with Gasteiger partial charge < -0.3 is 9.47 Å². The number of nitriles is 4. The molecule has 0 aliphatic heterocycles. The van der Waals surface area contributed by atoms with Crippen LogP contribution < -0.4 is 10.4 Å². The van der Waals surface area contributed by atoms with Gasteiger partial charge in [-0.15, -0.1) is 0 Å². The quantitative estimate of drug-likeness (QED) is 0.126. The molecule has 0 amide bonds. The van der Waals surface area contributed by atoms with E-state index in [1.165, 1.54) is 14.2 Å². The minimum Gasteiger partial charge on any atom is -0.465 e. The van der Waals surface area contributed by atoms with Gasteiger partial charge in [0.25, 0.3) is 0 Å². The van der Waals surface area contributed by atoms with Crippen molar-refractivity contribution in [3.63, 3.8) is 0 Å². The lowest BCUT2D eigenvalue weighted by molar-refractivity contribution is 0.0593. The fraction of sp³-hybridized carbons (Fsp3) is 0.182. The van der Waals surface area contributed by atoms with Gasteiger partial charge in [-0.3, -0.25) is 0 Å². The van der Waals surface area contributed by atoms with Crippen molar-refractivity contribution in [1.82, 2.24) is 0 Å². The average Bonchev–Trinajstić information content (AvgIpc) is 3.46. The first kappa shape index (κ1) is 36.3. The van der Waals surface area contributed by atoms with Gasteiger partial charge in [-0.1, -0.05) is 100 Å². The Morgan fingerprint density at radius 3 is 1.40 bits per heavy atom. The van der Waals surface area contributed by atoms with Crippen molar-refractivity contribution in [3.05, 3.63) is 134 Å². The van der Waals surface area contributed by atoms with E-state index in [4.69, 9.17) is 9.47 Å². The molecule has 0 spiro atoms. The van der Waals surface area contributed by atoms with Gasteiger partial charge in [0.05, 0.1) is 25.3 Å². The highest BCUT2D eigenvalue weighted by Gasteiger charge is 2.31. The highest BCUT2D eigenvalue weighted by Crippen LogP contribution is 2.46. The van der Waals surface area contributed by atoms with Crippen LogP contribution in [0.15, 0.2) is 90.5 Å². The molecule has 1 aromatic rings. The molecule has 8 nitrogen and oxygen atoms in total. The number of esters is 2. The lowest BCUT2D eigenvalue weighted by Gasteiger charge is -2.15. The molecular formula is C44H34N4O4. The van der Waals surface area contributed by atoms with Crippen LogP contribution in [-0.2, 0) is 9.47 Å². The van der Waals surface area contributed by atoms with E-state index >= 15 is 0 Å². The molecule has 0 fully saturated rings. The summed E-state index contributed by atoms with van der Waals surface area (Å²) < 4.78 is 10.4.